The predicted octanol–water partition coefficient (Wildman–Crippen LogP) is 2.79. The summed E-state index contributed by atoms with van der Waals surface area (Å²) >= 11 is 0. The van der Waals surface area contributed by atoms with Crippen molar-refractivity contribution in [3.63, 3.8) is 0 Å². The molecule has 2 saturated heterocycles. The summed E-state index contributed by atoms with van der Waals surface area (Å²) in [5.74, 6) is -0.638. The monoisotopic (exact) mass is 323 g/mol. The molecule has 5 heteroatoms. The molecular weight excluding hydrogens is 296 g/mol. The molecule has 2 unspecified atom stereocenters. The van der Waals surface area contributed by atoms with E-state index in [1.165, 1.54) is 24.6 Å². The van der Waals surface area contributed by atoms with E-state index >= 15 is 0 Å². The Morgan fingerprint density at radius 1 is 1.17 bits per heavy atom. The standard InChI is InChI=1S/C18H27F2N3/c1-14-4-2-3-9-23(14)18(13-22-10-7-21-8-11-22)16-12-15(19)5-6-17(16)20/h5-6,12,14,18,21H,2-4,7-11,13H2,1H3. The van der Waals surface area contributed by atoms with Crippen LogP contribution in [0.4, 0.5) is 8.78 Å². The number of likely N-dealkylation sites (tertiary alicyclic amines) is 1. The van der Waals surface area contributed by atoms with Gasteiger partial charge in [0.15, 0.2) is 0 Å². The predicted molar refractivity (Wildman–Crippen MR) is 88.4 cm³/mol. The summed E-state index contributed by atoms with van der Waals surface area (Å²) in [6, 6.07) is 4.21. The molecule has 0 spiro atoms. The summed E-state index contributed by atoms with van der Waals surface area (Å²) < 4.78 is 28.2. The molecule has 23 heavy (non-hydrogen) atoms. The third-order valence-electron chi connectivity index (χ3n) is 5.21. The van der Waals surface area contributed by atoms with Crippen LogP contribution in [0.3, 0.4) is 0 Å². The highest BCUT2D eigenvalue weighted by Crippen LogP contribution is 2.31. The summed E-state index contributed by atoms with van der Waals surface area (Å²) in [6.07, 6.45) is 3.50. The lowest BCUT2D eigenvalue weighted by atomic mass is 9.96. The summed E-state index contributed by atoms with van der Waals surface area (Å²) in [6.45, 7) is 7.81. The van der Waals surface area contributed by atoms with Gasteiger partial charge in [0.05, 0.1) is 6.04 Å². The largest absolute Gasteiger partial charge is 0.314 e. The second kappa shape index (κ2) is 7.69. The SMILES string of the molecule is CC1CCCCN1C(CN1CCNCC1)c1cc(F)ccc1F. The zero-order valence-electron chi connectivity index (χ0n) is 13.9. The van der Waals surface area contributed by atoms with Gasteiger partial charge < -0.3 is 5.32 Å². The van der Waals surface area contributed by atoms with Crippen molar-refractivity contribution in [2.24, 2.45) is 0 Å². The van der Waals surface area contributed by atoms with Gasteiger partial charge in [-0.1, -0.05) is 6.42 Å². The summed E-state index contributed by atoms with van der Waals surface area (Å²) in [5.41, 5.74) is 0.511. The molecule has 3 nitrogen and oxygen atoms in total. The molecule has 2 aliphatic rings. The van der Waals surface area contributed by atoms with Crippen LogP contribution in [0, 0.1) is 11.6 Å². The average Bonchev–Trinajstić information content (AvgIpc) is 2.57. The van der Waals surface area contributed by atoms with Crippen LogP contribution in [-0.2, 0) is 0 Å². The van der Waals surface area contributed by atoms with Crippen molar-refractivity contribution in [3.8, 4) is 0 Å². The number of nitrogens with zero attached hydrogens (tertiary/aromatic N) is 2. The molecule has 0 saturated carbocycles. The smallest absolute Gasteiger partial charge is 0.128 e. The van der Waals surface area contributed by atoms with Gasteiger partial charge in [0.2, 0.25) is 0 Å². The minimum absolute atomic E-state index is 0.0703. The Bertz CT molecular complexity index is 517. The first-order valence-electron chi connectivity index (χ1n) is 8.79. The fourth-order valence-electron chi connectivity index (χ4n) is 3.87. The van der Waals surface area contributed by atoms with Gasteiger partial charge >= 0.3 is 0 Å². The van der Waals surface area contributed by atoms with Crippen molar-refractivity contribution in [2.45, 2.75) is 38.3 Å². The van der Waals surface area contributed by atoms with E-state index in [4.69, 9.17) is 0 Å². The van der Waals surface area contributed by atoms with Gasteiger partial charge in [-0.25, -0.2) is 8.78 Å². The summed E-state index contributed by atoms with van der Waals surface area (Å²) in [5, 5.41) is 3.35. The first-order chi connectivity index (χ1) is 11.1. The van der Waals surface area contributed by atoms with Gasteiger partial charge in [-0.15, -0.1) is 0 Å². The highest BCUT2D eigenvalue weighted by atomic mass is 19.1. The fourth-order valence-corrected chi connectivity index (χ4v) is 3.87. The third-order valence-corrected chi connectivity index (χ3v) is 5.21. The van der Waals surface area contributed by atoms with E-state index < -0.39 is 0 Å². The number of benzene rings is 1. The summed E-state index contributed by atoms with van der Waals surface area (Å²) in [7, 11) is 0. The van der Waals surface area contributed by atoms with Gasteiger partial charge in [-0.3, -0.25) is 9.80 Å². The molecule has 0 radical (unpaired) electrons. The molecule has 0 aromatic heterocycles. The van der Waals surface area contributed by atoms with Crippen molar-refractivity contribution in [1.29, 1.82) is 0 Å². The molecule has 128 valence electrons. The molecule has 1 aromatic carbocycles. The van der Waals surface area contributed by atoms with Gasteiger partial charge in [0.1, 0.15) is 11.6 Å². The van der Waals surface area contributed by atoms with Crippen LogP contribution in [0.5, 0.6) is 0 Å². The van der Waals surface area contributed by atoms with Crippen molar-refractivity contribution < 1.29 is 8.78 Å². The van der Waals surface area contributed by atoms with Crippen molar-refractivity contribution >= 4 is 0 Å². The van der Waals surface area contributed by atoms with Gasteiger partial charge in [-0.2, -0.15) is 0 Å². The molecule has 2 atom stereocenters. The first-order valence-corrected chi connectivity index (χ1v) is 8.79. The van der Waals surface area contributed by atoms with Gasteiger partial charge in [0, 0.05) is 44.3 Å². The van der Waals surface area contributed by atoms with E-state index in [2.05, 4.69) is 22.0 Å². The number of rotatable bonds is 4. The highest BCUT2D eigenvalue weighted by Gasteiger charge is 2.31. The van der Waals surface area contributed by atoms with E-state index in [-0.39, 0.29) is 17.7 Å². The van der Waals surface area contributed by atoms with Crippen LogP contribution in [0.1, 0.15) is 37.8 Å². The average molecular weight is 323 g/mol. The molecule has 3 rings (SSSR count). The lowest BCUT2D eigenvalue weighted by Gasteiger charge is -2.42. The van der Waals surface area contributed by atoms with Crippen molar-refractivity contribution in [3.05, 3.63) is 35.4 Å². The van der Waals surface area contributed by atoms with Gasteiger partial charge in [0.25, 0.3) is 0 Å². The molecule has 2 aliphatic heterocycles. The Kier molecular flexibility index (Phi) is 5.62. The van der Waals surface area contributed by atoms with Crippen molar-refractivity contribution in [1.82, 2.24) is 15.1 Å². The highest BCUT2D eigenvalue weighted by molar-refractivity contribution is 5.23. The molecule has 2 fully saturated rings. The summed E-state index contributed by atoms with van der Waals surface area (Å²) in [4.78, 5) is 4.75. The molecule has 2 heterocycles. The maximum atomic E-state index is 14.4. The first kappa shape index (κ1) is 16.8. The maximum absolute atomic E-state index is 14.4. The Morgan fingerprint density at radius 3 is 2.70 bits per heavy atom. The number of piperazine rings is 1. The van der Waals surface area contributed by atoms with Crippen LogP contribution in [-0.4, -0.2) is 55.1 Å². The van der Waals surface area contributed by atoms with E-state index in [9.17, 15) is 8.78 Å². The zero-order chi connectivity index (χ0) is 16.2. The Labute approximate surface area is 137 Å². The normalized spacial score (nSPS) is 25.4. The zero-order valence-corrected chi connectivity index (χ0v) is 13.9. The number of hydrogen-bond donors (Lipinski definition) is 1. The third kappa shape index (κ3) is 4.08. The molecule has 1 aromatic rings. The molecule has 0 aliphatic carbocycles. The number of halogens is 2. The van der Waals surface area contributed by atoms with Crippen LogP contribution in [0.2, 0.25) is 0 Å². The maximum Gasteiger partial charge on any atom is 0.128 e. The molecular formula is C18H27F2N3. The quantitative estimate of drug-likeness (QED) is 0.919. The lowest BCUT2D eigenvalue weighted by molar-refractivity contribution is 0.0702. The fraction of sp³-hybridized carbons (Fsp3) is 0.667. The minimum Gasteiger partial charge on any atom is -0.314 e. The molecule has 1 N–H and O–H groups in total. The van der Waals surface area contributed by atoms with Crippen molar-refractivity contribution in [2.75, 3.05) is 39.3 Å². The van der Waals surface area contributed by atoms with Crippen LogP contribution in [0.15, 0.2) is 18.2 Å². The van der Waals surface area contributed by atoms with E-state index in [1.807, 2.05) is 0 Å². The molecule has 0 amide bonds. The van der Waals surface area contributed by atoms with E-state index in [0.717, 1.165) is 52.1 Å². The lowest BCUT2D eigenvalue weighted by Crippen LogP contribution is -2.49. The second-order valence-corrected chi connectivity index (χ2v) is 6.81. The minimum atomic E-state index is -0.351. The Hall–Kier alpha value is -1.04. The van der Waals surface area contributed by atoms with Crippen LogP contribution >= 0.6 is 0 Å². The van der Waals surface area contributed by atoms with Crippen LogP contribution in [0.25, 0.3) is 0 Å². The second-order valence-electron chi connectivity index (χ2n) is 6.81. The Balaban J connectivity index is 1.86. The van der Waals surface area contributed by atoms with E-state index in [1.54, 1.807) is 0 Å². The van der Waals surface area contributed by atoms with Gasteiger partial charge in [-0.05, 0) is 44.5 Å². The number of piperidine rings is 1. The molecule has 0 bridgehead atoms. The van der Waals surface area contributed by atoms with E-state index in [0.29, 0.717) is 11.6 Å². The number of nitrogens with one attached hydrogen (secondary N) is 1. The van der Waals surface area contributed by atoms with Crippen LogP contribution < -0.4 is 5.32 Å². The topological polar surface area (TPSA) is 18.5 Å². The Morgan fingerprint density at radius 2 is 1.96 bits per heavy atom. The number of hydrogen-bond acceptors (Lipinski definition) is 3.